The molecule has 0 bridgehead atoms. The van der Waals surface area contributed by atoms with Gasteiger partial charge in [0, 0.05) is 16.8 Å². The molecular formula is C26H27N3O5S. The van der Waals surface area contributed by atoms with Crippen molar-refractivity contribution in [1.82, 2.24) is 5.32 Å². The fourth-order valence-corrected chi connectivity index (χ4v) is 4.91. The maximum Gasteiger partial charge on any atom is 0.285 e. The minimum absolute atomic E-state index is 0.175. The SMILES string of the molecule is CCOc1ccc(C(C)NC(=O)c2ccc(NC3=NS(=O)(=O)c4ccccc43)cc2)cc1OCC. The zero-order valence-electron chi connectivity index (χ0n) is 19.7. The highest BCUT2D eigenvalue weighted by Crippen LogP contribution is 2.31. The summed E-state index contributed by atoms with van der Waals surface area (Å²) >= 11 is 0. The monoisotopic (exact) mass is 493 g/mol. The van der Waals surface area contributed by atoms with E-state index in [1.165, 1.54) is 6.07 Å². The molecule has 1 unspecified atom stereocenters. The third-order valence-corrected chi connectivity index (χ3v) is 6.79. The van der Waals surface area contributed by atoms with E-state index in [1.807, 2.05) is 39.0 Å². The Morgan fingerprint density at radius 1 is 0.943 bits per heavy atom. The molecule has 0 spiro atoms. The summed E-state index contributed by atoms with van der Waals surface area (Å²) < 4.78 is 39.6. The van der Waals surface area contributed by atoms with Crippen LogP contribution in [0.5, 0.6) is 11.5 Å². The van der Waals surface area contributed by atoms with Crippen LogP contribution < -0.4 is 20.1 Å². The second-order valence-corrected chi connectivity index (χ2v) is 9.45. The molecule has 3 aromatic rings. The molecule has 1 heterocycles. The van der Waals surface area contributed by atoms with E-state index in [2.05, 4.69) is 15.0 Å². The predicted molar refractivity (Wildman–Crippen MR) is 135 cm³/mol. The Labute approximate surface area is 205 Å². The Morgan fingerprint density at radius 2 is 1.63 bits per heavy atom. The van der Waals surface area contributed by atoms with Crippen molar-refractivity contribution < 1.29 is 22.7 Å². The van der Waals surface area contributed by atoms with E-state index in [4.69, 9.17) is 9.47 Å². The van der Waals surface area contributed by atoms with Gasteiger partial charge in [0.1, 0.15) is 4.90 Å². The van der Waals surface area contributed by atoms with Gasteiger partial charge in [-0.05, 0) is 74.9 Å². The smallest absolute Gasteiger partial charge is 0.285 e. The van der Waals surface area contributed by atoms with Gasteiger partial charge in [0.05, 0.1) is 19.3 Å². The Balaban J connectivity index is 1.44. The zero-order valence-corrected chi connectivity index (χ0v) is 20.6. The molecule has 0 aromatic heterocycles. The summed E-state index contributed by atoms with van der Waals surface area (Å²) in [6.07, 6.45) is 0. The number of carbonyl (C=O) groups is 1. The Hall–Kier alpha value is -3.85. The van der Waals surface area contributed by atoms with Crippen molar-refractivity contribution in [3.63, 3.8) is 0 Å². The van der Waals surface area contributed by atoms with Crippen molar-refractivity contribution >= 4 is 27.5 Å². The molecule has 182 valence electrons. The first-order valence-electron chi connectivity index (χ1n) is 11.3. The van der Waals surface area contributed by atoms with E-state index in [0.717, 1.165) is 5.56 Å². The Kier molecular flexibility index (Phi) is 7.07. The summed E-state index contributed by atoms with van der Waals surface area (Å²) in [5.74, 6) is 1.33. The number of nitrogens with zero attached hydrogens (tertiary/aromatic N) is 1. The fourth-order valence-electron chi connectivity index (χ4n) is 3.74. The summed E-state index contributed by atoms with van der Waals surface area (Å²) in [7, 11) is -3.70. The lowest BCUT2D eigenvalue weighted by atomic mass is 10.1. The van der Waals surface area contributed by atoms with Crippen molar-refractivity contribution in [2.75, 3.05) is 18.5 Å². The molecule has 0 radical (unpaired) electrons. The Bertz CT molecular complexity index is 1370. The van der Waals surface area contributed by atoms with Crippen LogP contribution in [0.3, 0.4) is 0 Å². The zero-order chi connectivity index (χ0) is 25.0. The molecule has 0 saturated carbocycles. The quantitative estimate of drug-likeness (QED) is 0.477. The van der Waals surface area contributed by atoms with Crippen LogP contribution >= 0.6 is 0 Å². The maximum absolute atomic E-state index is 12.8. The number of fused-ring (bicyclic) bond motifs is 1. The summed E-state index contributed by atoms with van der Waals surface area (Å²) in [5, 5.41) is 6.02. The minimum Gasteiger partial charge on any atom is -0.490 e. The van der Waals surface area contributed by atoms with Crippen molar-refractivity contribution in [1.29, 1.82) is 0 Å². The van der Waals surface area contributed by atoms with Crippen LogP contribution in [0.15, 0.2) is 76.0 Å². The first-order chi connectivity index (χ1) is 16.8. The normalized spacial score (nSPS) is 14.4. The predicted octanol–water partition coefficient (Wildman–Crippen LogP) is 4.54. The van der Waals surface area contributed by atoms with E-state index < -0.39 is 10.0 Å². The van der Waals surface area contributed by atoms with Crippen molar-refractivity contribution in [3.05, 3.63) is 83.4 Å². The van der Waals surface area contributed by atoms with Gasteiger partial charge in [0.25, 0.3) is 15.9 Å². The molecule has 0 fully saturated rings. The van der Waals surface area contributed by atoms with Gasteiger partial charge in [-0.1, -0.05) is 18.2 Å². The van der Waals surface area contributed by atoms with Gasteiger partial charge in [0.2, 0.25) is 0 Å². The minimum atomic E-state index is -3.70. The molecule has 9 heteroatoms. The third kappa shape index (κ3) is 5.30. The van der Waals surface area contributed by atoms with Crippen molar-refractivity contribution in [2.24, 2.45) is 4.40 Å². The van der Waals surface area contributed by atoms with E-state index in [9.17, 15) is 13.2 Å². The van der Waals surface area contributed by atoms with Crippen LogP contribution in [0.4, 0.5) is 5.69 Å². The highest BCUT2D eigenvalue weighted by molar-refractivity contribution is 7.90. The number of amides is 1. The summed E-state index contributed by atoms with van der Waals surface area (Å²) in [4.78, 5) is 13.0. The van der Waals surface area contributed by atoms with E-state index in [-0.39, 0.29) is 22.7 Å². The van der Waals surface area contributed by atoms with Gasteiger partial charge in [0.15, 0.2) is 17.3 Å². The van der Waals surface area contributed by atoms with Gasteiger partial charge < -0.3 is 20.1 Å². The number of nitrogens with one attached hydrogen (secondary N) is 2. The number of amidine groups is 1. The van der Waals surface area contributed by atoms with Gasteiger partial charge in [-0.3, -0.25) is 4.79 Å². The topological polar surface area (TPSA) is 106 Å². The van der Waals surface area contributed by atoms with E-state index in [0.29, 0.717) is 41.5 Å². The number of anilines is 1. The standard InChI is InChI=1S/C26H27N3O5S/c1-4-33-22-15-12-19(16-23(22)34-5-2)17(3)27-26(30)18-10-13-20(14-11-18)28-25-21-8-6-7-9-24(21)35(31,32)29-25/h6-17H,4-5H2,1-3H3,(H,27,30)(H,28,29). The van der Waals surface area contributed by atoms with Crippen molar-refractivity contribution in [3.8, 4) is 11.5 Å². The first kappa shape index (κ1) is 24.3. The second-order valence-electron chi connectivity index (χ2n) is 7.88. The van der Waals surface area contributed by atoms with Crippen LogP contribution in [0.2, 0.25) is 0 Å². The number of hydrogen-bond acceptors (Lipinski definition) is 6. The molecule has 0 saturated heterocycles. The summed E-state index contributed by atoms with van der Waals surface area (Å²) in [5.41, 5.74) is 2.50. The van der Waals surface area contributed by atoms with Gasteiger partial charge in [-0.2, -0.15) is 8.42 Å². The average molecular weight is 494 g/mol. The lowest BCUT2D eigenvalue weighted by Crippen LogP contribution is -2.26. The fraction of sp³-hybridized carbons (Fsp3) is 0.231. The summed E-state index contributed by atoms with van der Waals surface area (Å²) in [6.45, 7) is 6.76. The molecule has 1 atom stereocenters. The van der Waals surface area contributed by atoms with Crippen LogP contribution in [-0.2, 0) is 10.0 Å². The molecule has 1 aliphatic rings. The molecule has 2 N–H and O–H groups in total. The Morgan fingerprint density at radius 3 is 2.34 bits per heavy atom. The molecule has 1 amide bonds. The van der Waals surface area contributed by atoms with Crippen LogP contribution in [0.1, 0.15) is 48.3 Å². The van der Waals surface area contributed by atoms with E-state index >= 15 is 0 Å². The number of sulfonamides is 1. The highest BCUT2D eigenvalue weighted by Gasteiger charge is 2.28. The maximum atomic E-state index is 12.8. The number of rotatable bonds is 8. The molecular weight excluding hydrogens is 466 g/mol. The van der Waals surface area contributed by atoms with Gasteiger partial charge in [-0.25, -0.2) is 0 Å². The molecule has 4 rings (SSSR count). The summed E-state index contributed by atoms with van der Waals surface area (Å²) in [6, 6.07) is 18.8. The van der Waals surface area contributed by atoms with Gasteiger partial charge in [-0.15, -0.1) is 4.40 Å². The molecule has 0 aliphatic carbocycles. The first-order valence-corrected chi connectivity index (χ1v) is 12.8. The van der Waals surface area contributed by atoms with E-state index in [1.54, 1.807) is 42.5 Å². The second kappa shape index (κ2) is 10.2. The van der Waals surface area contributed by atoms with Crippen LogP contribution in [0.25, 0.3) is 0 Å². The van der Waals surface area contributed by atoms with Crippen molar-refractivity contribution in [2.45, 2.75) is 31.7 Å². The van der Waals surface area contributed by atoms with Crippen LogP contribution in [0, 0.1) is 0 Å². The lowest BCUT2D eigenvalue weighted by Gasteiger charge is -2.18. The largest absolute Gasteiger partial charge is 0.490 e. The molecule has 3 aromatic carbocycles. The molecule has 1 aliphatic heterocycles. The average Bonchev–Trinajstić information content (AvgIpc) is 3.10. The van der Waals surface area contributed by atoms with Gasteiger partial charge >= 0.3 is 0 Å². The number of carbonyl (C=O) groups excluding carboxylic acids is 1. The molecule has 35 heavy (non-hydrogen) atoms. The molecule has 8 nitrogen and oxygen atoms in total. The lowest BCUT2D eigenvalue weighted by molar-refractivity contribution is 0.0940. The number of ether oxygens (including phenoxy) is 2. The number of benzene rings is 3. The highest BCUT2D eigenvalue weighted by atomic mass is 32.2. The number of hydrogen-bond donors (Lipinski definition) is 2. The third-order valence-electron chi connectivity index (χ3n) is 5.46. The van der Waals surface area contributed by atoms with Crippen LogP contribution in [-0.4, -0.2) is 33.4 Å².